The number of anilines is 2. The standard InChI is InChI=1S/C17H12Cl2N4O3S/c18-10-6-11(19)8-12(7-10)20-15(24)9-27-16-4-3-14(22-23-16)21-17(25)13-2-1-5-26-13/h1-8H,9H2,(H,20,24)(H,21,22,25). The molecular weight excluding hydrogens is 411 g/mol. The number of halogens is 2. The number of aromatic nitrogens is 2. The topological polar surface area (TPSA) is 97.1 Å². The van der Waals surface area contributed by atoms with E-state index in [9.17, 15) is 9.59 Å². The number of amides is 2. The van der Waals surface area contributed by atoms with Crippen molar-refractivity contribution in [1.29, 1.82) is 0 Å². The average molecular weight is 423 g/mol. The number of thioether (sulfide) groups is 1. The molecule has 0 bridgehead atoms. The van der Waals surface area contributed by atoms with Crippen LogP contribution in [0.1, 0.15) is 10.6 Å². The van der Waals surface area contributed by atoms with Crippen molar-refractivity contribution in [1.82, 2.24) is 10.2 Å². The maximum atomic E-state index is 12.0. The number of benzene rings is 1. The van der Waals surface area contributed by atoms with Crippen LogP contribution in [-0.4, -0.2) is 27.8 Å². The molecule has 0 radical (unpaired) electrons. The lowest BCUT2D eigenvalue weighted by Crippen LogP contribution is -2.14. The first-order chi connectivity index (χ1) is 13.0. The van der Waals surface area contributed by atoms with Crippen molar-refractivity contribution in [2.24, 2.45) is 0 Å². The predicted octanol–water partition coefficient (Wildman–Crippen LogP) is 4.36. The summed E-state index contributed by atoms with van der Waals surface area (Å²) < 4.78 is 4.99. The second-order valence-corrected chi connectivity index (χ2v) is 7.05. The van der Waals surface area contributed by atoms with Gasteiger partial charge in [0.2, 0.25) is 5.91 Å². The molecule has 0 aliphatic heterocycles. The molecule has 0 spiro atoms. The van der Waals surface area contributed by atoms with E-state index < -0.39 is 5.91 Å². The van der Waals surface area contributed by atoms with E-state index in [4.69, 9.17) is 27.6 Å². The molecule has 7 nitrogen and oxygen atoms in total. The summed E-state index contributed by atoms with van der Waals surface area (Å²) in [5.74, 6) is -0.0897. The minimum absolute atomic E-state index is 0.122. The molecule has 0 unspecified atom stereocenters. The first kappa shape index (κ1) is 19.2. The Morgan fingerprint density at radius 2 is 1.81 bits per heavy atom. The van der Waals surface area contributed by atoms with Gasteiger partial charge in [0, 0.05) is 15.7 Å². The third-order valence-electron chi connectivity index (χ3n) is 3.12. The van der Waals surface area contributed by atoms with E-state index in [1.54, 1.807) is 42.5 Å². The highest BCUT2D eigenvalue weighted by molar-refractivity contribution is 7.99. The van der Waals surface area contributed by atoms with Crippen LogP contribution in [0.4, 0.5) is 11.5 Å². The van der Waals surface area contributed by atoms with Gasteiger partial charge >= 0.3 is 0 Å². The summed E-state index contributed by atoms with van der Waals surface area (Å²) >= 11 is 13.0. The highest BCUT2D eigenvalue weighted by Crippen LogP contribution is 2.23. The molecule has 3 rings (SSSR count). The van der Waals surface area contributed by atoms with Crippen molar-refractivity contribution >= 4 is 58.3 Å². The number of furan rings is 1. The molecule has 0 saturated carbocycles. The Kier molecular flexibility index (Phi) is 6.33. The molecule has 0 aliphatic rings. The number of hydrogen-bond donors (Lipinski definition) is 2. The molecule has 10 heteroatoms. The Balaban J connectivity index is 1.51. The van der Waals surface area contributed by atoms with Gasteiger partial charge in [-0.1, -0.05) is 35.0 Å². The molecule has 0 atom stereocenters. The van der Waals surface area contributed by atoms with Crippen molar-refractivity contribution < 1.29 is 14.0 Å². The largest absolute Gasteiger partial charge is 0.459 e. The number of rotatable bonds is 6. The van der Waals surface area contributed by atoms with Crippen LogP contribution in [0, 0.1) is 0 Å². The van der Waals surface area contributed by atoms with Gasteiger partial charge in [0.05, 0.1) is 12.0 Å². The van der Waals surface area contributed by atoms with Crippen LogP contribution in [0.3, 0.4) is 0 Å². The fourth-order valence-electron chi connectivity index (χ4n) is 2.01. The lowest BCUT2D eigenvalue weighted by atomic mass is 10.3. The highest BCUT2D eigenvalue weighted by atomic mass is 35.5. The maximum absolute atomic E-state index is 12.0. The van der Waals surface area contributed by atoms with Gasteiger partial charge in [0.15, 0.2) is 11.6 Å². The Bertz CT molecular complexity index is 929. The molecule has 0 fully saturated rings. The van der Waals surface area contributed by atoms with Crippen molar-refractivity contribution in [3.8, 4) is 0 Å². The molecule has 0 saturated heterocycles. The highest BCUT2D eigenvalue weighted by Gasteiger charge is 2.10. The van der Waals surface area contributed by atoms with Crippen LogP contribution in [0.5, 0.6) is 0 Å². The minimum Gasteiger partial charge on any atom is -0.459 e. The lowest BCUT2D eigenvalue weighted by Gasteiger charge is -2.06. The Labute approximate surface area is 168 Å². The molecule has 2 amide bonds. The molecule has 1 aromatic carbocycles. The summed E-state index contributed by atoms with van der Waals surface area (Å²) in [6.45, 7) is 0. The molecule has 3 aromatic rings. The molecule has 0 aliphatic carbocycles. The summed E-state index contributed by atoms with van der Waals surface area (Å²) in [5.41, 5.74) is 0.514. The molecule has 138 valence electrons. The summed E-state index contributed by atoms with van der Waals surface area (Å²) in [5, 5.41) is 14.5. The first-order valence-electron chi connectivity index (χ1n) is 7.57. The quantitative estimate of drug-likeness (QED) is 0.572. The van der Waals surface area contributed by atoms with Crippen molar-refractivity contribution in [2.45, 2.75) is 5.03 Å². The third kappa shape index (κ3) is 5.72. The van der Waals surface area contributed by atoms with E-state index in [0.717, 1.165) is 0 Å². The SMILES string of the molecule is O=C(CSc1ccc(NC(=O)c2ccco2)nn1)Nc1cc(Cl)cc(Cl)c1. The first-order valence-corrected chi connectivity index (χ1v) is 9.31. The number of nitrogens with one attached hydrogen (secondary N) is 2. The summed E-state index contributed by atoms with van der Waals surface area (Å²) in [6, 6.07) is 11.2. The molecule has 27 heavy (non-hydrogen) atoms. The predicted molar refractivity (Wildman–Crippen MR) is 105 cm³/mol. The van der Waals surface area contributed by atoms with Crippen LogP contribution in [0.25, 0.3) is 0 Å². The van der Waals surface area contributed by atoms with Gasteiger partial charge in [-0.05, 0) is 42.5 Å². The van der Waals surface area contributed by atoms with E-state index in [1.165, 1.54) is 18.0 Å². The van der Waals surface area contributed by atoms with Crippen molar-refractivity contribution in [3.05, 3.63) is 64.5 Å². The fraction of sp³-hybridized carbons (Fsp3) is 0.0588. The summed E-state index contributed by atoms with van der Waals surface area (Å²) in [6.07, 6.45) is 1.41. The molecule has 2 N–H and O–H groups in total. The second-order valence-electron chi connectivity index (χ2n) is 5.18. The zero-order valence-corrected chi connectivity index (χ0v) is 15.9. The van der Waals surface area contributed by atoms with Gasteiger partial charge in [-0.2, -0.15) is 0 Å². The number of nitrogens with zero attached hydrogens (tertiary/aromatic N) is 2. The van der Waals surface area contributed by atoms with E-state index in [-0.39, 0.29) is 23.2 Å². The zero-order chi connectivity index (χ0) is 19.2. The third-order valence-corrected chi connectivity index (χ3v) is 4.48. The maximum Gasteiger partial charge on any atom is 0.292 e. The molecule has 2 heterocycles. The van der Waals surface area contributed by atoms with Crippen molar-refractivity contribution in [3.63, 3.8) is 0 Å². The molecule has 2 aromatic heterocycles. The number of carbonyl (C=O) groups is 2. The van der Waals surface area contributed by atoms with Crippen LogP contribution < -0.4 is 10.6 Å². The second kappa shape index (κ2) is 8.90. The zero-order valence-electron chi connectivity index (χ0n) is 13.6. The van der Waals surface area contributed by atoms with Gasteiger partial charge in [0.25, 0.3) is 5.91 Å². The Morgan fingerprint density at radius 1 is 1.04 bits per heavy atom. The lowest BCUT2D eigenvalue weighted by molar-refractivity contribution is -0.113. The van der Waals surface area contributed by atoms with Gasteiger partial charge in [-0.25, -0.2) is 0 Å². The molecular formula is C17H12Cl2N4O3S. The normalized spacial score (nSPS) is 10.4. The van der Waals surface area contributed by atoms with Crippen LogP contribution >= 0.6 is 35.0 Å². The van der Waals surface area contributed by atoms with Crippen LogP contribution in [-0.2, 0) is 4.79 Å². The van der Waals surface area contributed by atoms with Crippen molar-refractivity contribution in [2.75, 3.05) is 16.4 Å². The van der Waals surface area contributed by atoms with E-state index in [0.29, 0.717) is 20.8 Å². The average Bonchev–Trinajstić information content (AvgIpc) is 3.15. The van der Waals surface area contributed by atoms with Gasteiger partial charge < -0.3 is 15.1 Å². The van der Waals surface area contributed by atoms with Crippen LogP contribution in [0.15, 0.2) is 58.2 Å². The minimum atomic E-state index is -0.422. The van der Waals surface area contributed by atoms with E-state index in [2.05, 4.69) is 20.8 Å². The van der Waals surface area contributed by atoms with Crippen LogP contribution in [0.2, 0.25) is 10.0 Å². The van der Waals surface area contributed by atoms with E-state index in [1.807, 2.05) is 0 Å². The van der Waals surface area contributed by atoms with Gasteiger partial charge in [-0.15, -0.1) is 10.2 Å². The Hall–Kier alpha value is -2.55. The summed E-state index contributed by atoms with van der Waals surface area (Å²) in [4.78, 5) is 23.9. The summed E-state index contributed by atoms with van der Waals surface area (Å²) in [7, 11) is 0. The Morgan fingerprint density at radius 3 is 2.44 bits per heavy atom. The van der Waals surface area contributed by atoms with Gasteiger partial charge in [-0.3, -0.25) is 9.59 Å². The number of hydrogen-bond acceptors (Lipinski definition) is 6. The number of carbonyl (C=O) groups excluding carboxylic acids is 2. The smallest absolute Gasteiger partial charge is 0.292 e. The monoisotopic (exact) mass is 422 g/mol. The fourth-order valence-corrected chi connectivity index (χ4v) is 3.15. The van der Waals surface area contributed by atoms with Gasteiger partial charge in [0.1, 0.15) is 5.03 Å². The van der Waals surface area contributed by atoms with E-state index >= 15 is 0 Å².